The van der Waals surface area contributed by atoms with Gasteiger partial charge >= 0.3 is 0 Å². The number of anilines is 1. The average Bonchev–Trinajstić information content (AvgIpc) is 2.61. The quantitative estimate of drug-likeness (QED) is 0.721. The first-order valence-corrected chi connectivity index (χ1v) is 9.03. The van der Waals surface area contributed by atoms with Gasteiger partial charge in [0.25, 0.3) is 0 Å². The fourth-order valence-electron chi connectivity index (χ4n) is 2.18. The van der Waals surface area contributed by atoms with Gasteiger partial charge in [-0.15, -0.1) is 0 Å². The second-order valence-corrected chi connectivity index (χ2v) is 7.46. The van der Waals surface area contributed by atoms with Gasteiger partial charge in [0.05, 0.1) is 11.9 Å². The van der Waals surface area contributed by atoms with Crippen molar-refractivity contribution in [1.82, 2.24) is 10.3 Å². The van der Waals surface area contributed by atoms with Gasteiger partial charge in [0, 0.05) is 24.4 Å². The van der Waals surface area contributed by atoms with Crippen molar-refractivity contribution in [1.29, 1.82) is 0 Å². The highest BCUT2D eigenvalue weighted by molar-refractivity contribution is 5.90. The van der Waals surface area contributed by atoms with E-state index in [0.29, 0.717) is 36.7 Å². The van der Waals surface area contributed by atoms with Crippen molar-refractivity contribution in [3.63, 3.8) is 0 Å². The summed E-state index contributed by atoms with van der Waals surface area (Å²) in [5.74, 6) is 1.04. The van der Waals surface area contributed by atoms with Gasteiger partial charge in [-0.1, -0.05) is 38.5 Å². The maximum Gasteiger partial charge on any atom is 0.225 e. The lowest BCUT2D eigenvalue weighted by atomic mass is 9.96. The summed E-state index contributed by atoms with van der Waals surface area (Å²) < 4.78 is 5.66. The summed E-state index contributed by atoms with van der Waals surface area (Å²) in [7, 11) is 0. The number of hydrogen-bond acceptors (Lipinski definition) is 4. The molecular formula is C21H27N3O3. The Hall–Kier alpha value is -2.89. The van der Waals surface area contributed by atoms with Crippen LogP contribution in [0.15, 0.2) is 42.6 Å². The lowest BCUT2D eigenvalue weighted by Gasteiger charge is -2.17. The van der Waals surface area contributed by atoms with Gasteiger partial charge < -0.3 is 15.4 Å². The van der Waals surface area contributed by atoms with Crippen LogP contribution in [0.25, 0.3) is 0 Å². The summed E-state index contributed by atoms with van der Waals surface area (Å²) in [6, 6.07) is 11.1. The molecule has 0 aliphatic carbocycles. The van der Waals surface area contributed by atoms with Gasteiger partial charge in [0.15, 0.2) is 0 Å². The monoisotopic (exact) mass is 369 g/mol. The van der Waals surface area contributed by atoms with Crippen LogP contribution in [0, 0.1) is 12.3 Å². The Morgan fingerprint density at radius 2 is 1.78 bits per heavy atom. The van der Waals surface area contributed by atoms with E-state index < -0.39 is 5.41 Å². The van der Waals surface area contributed by atoms with Crippen molar-refractivity contribution in [3.05, 3.63) is 48.2 Å². The molecule has 6 nitrogen and oxygen atoms in total. The maximum absolute atomic E-state index is 12.0. The molecule has 0 aliphatic rings. The molecule has 0 saturated carbocycles. The third-order valence-corrected chi connectivity index (χ3v) is 3.81. The zero-order chi connectivity index (χ0) is 19.9. The molecule has 2 N–H and O–H groups in total. The summed E-state index contributed by atoms with van der Waals surface area (Å²) in [5.41, 5.74) is 1.34. The van der Waals surface area contributed by atoms with Gasteiger partial charge in [-0.05, 0) is 31.5 Å². The average molecular weight is 369 g/mol. The number of ether oxygens (including phenoxy) is 1. The summed E-state index contributed by atoms with van der Waals surface area (Å²) in [4.78, 5) is 27.9. The molecule has 0 spiro atoms. The number of amides is 2. The highest BCUT2D eigenvalue weighted by Gasteiger charge is 2.20. The zero-order valence-electron chi connectivity index (χ0n) is 16.3. The number of nitrogens with one attached hydrogen (secondary N) is 2. The van der Waals surface area contributed by atoms with Crippen LogP contribution < -0.4 is 15.4 Å². The minimum absolute atomic E-state index is 0.0173. The van der Waals surface area contributed by atoms with Crippen LogP contribution >= 0.6 is 0 Å². The van der Waals surface area contributed by atoms with E-state index in [1.54, 1.807) is 18.3 Å². The molecule has 1 aromatic heterocycles. The number of aromatic nitrogens is 1. The Balaban J connectivity index is 1.74. The molecule has 0 unspecified atom stereocenters. The topological polar surface area (TPSA) is 80.3 Å². The first-order chi connectivity index (χ1) is 12.7. The number of nitrogens with zero attached hydrogens (tertiary/aromatic N) is 1. The van der Waals surface area contributed by atoms with E-state index in [4.69, 9.17) is 4.74 Å². The standard InChI is InChI=1S/C21H27N3O3/c1-15-7-10-17(11-8-15)27-19-12-9-16(14-23-19)24-18(25)6-5-13-22-20(26)21(2,3)4/h7-12,14H,5-6,13H2,1-4H3,(H,22,26)(H,24,25). The minimum atomic E-state index is -0.420. The minimum Gasteiger partial charge on any atom is -0.439 e. The van der Waals surface area contributed by atoms with E-state index in [1.165, 1.54) is 0 Å². The third-order valence-electron chi connectivity index (χ3n) is 3.81. The molecule has 0 saturated heterocycles. The zero-order valence-corrected chi connectivity index (χ0v) is 16.3. The molecule has 2 aromatic rings. The van der Waals surface area contributed by atoms with Gasteiger partial charge in [-0.2, -0.15) is 0 Å². The number of pyridine rings is 1. The molecule has 0 atom stereocenters. The van der Waals surface area contributed by atoms with Crippen LogP contribution in [-0.4, -0.2) is 23.3 Å². The lowest BCUT2D eigenvalue weighted by molar-refractivity contribution is -0.128. The van der Waals surface area contributed by atoms with Crippen LogP contribution in [0.3, 0.4) is 0 Å². The van der Waals surface area contributed by atoms with E-state index in [9.17, 15) is 9.59 Å². The molecule has 144 valence electrons. The second kappa shape index (κ2) is 9.16. The normalized spacial score (nSPS) is 11.0. The van der Waals surface area contributed by atoms with Crippen LogP contribution in [-0.2, 0) is 9.59 Å². The number of rotatable bonds is 7. The van der Waals surface area contributed by atoms with Crippen molar-refractivity contribution in [3.8, 4) is 11.6 Å². The van der Waals surface area contributed by atoms with Crippen molar-refractivity contribution in [2.24, 2.45) is 5.41 Å². The van der Waals surface area contributed by atoms with E-state index in [2.05, 4.69) is 15.6 Å². The van der Waals surface area contributed by atoms with Gasteiger partial charge in [0.2, 0.25) is 17.7 Å². The molecule has 27 heavy (non-hydrogen) atoms. The molecule has 1 aromatic carbocycles. The van der Waals surface area contributed by atoms with Gasteiger partial charge in [0.1, 0.15) is 5.75 Å². The Morgan fingerprint density at radius 3 is 2.37 bits per heavy atom. The number of carbonyl (C=O) groups is 2. The number of carbonyl (C=O) groups excluding carboxylic acids is 2. The Morgan fingerprint density at radius 1 is 1.07 bits per heavy atom. The number of benzene rings is 1. The van der Waals surface area contributed by atoms with Gasteiger partial charge in [-0.3, -0.25) is 9.59 Å². The Labute approximate surface area is 160 Å². The number of hydrogen-bond donors (Lipinski definition) is 2. The number of aryl methyl sites for hydroxylation is 1. The van der Waals surface area contributed by atoms with Crippen LogP contribution in [0.5, 0.6) is 11.6 Å². The molecule has 2 rings (SSSR count). The molecule has 0 aliphatic heterocycles. The largest absolute Gasteiger partial charge is 0.439 e. The van der Waals surface area contributed by atoms with Crippen LogP contribution in [0.4, 0.5) is 5.69 Å². The maximum atomic E-state index is 12.0. The van der Waals surface area contributed by atoms with Crippen molar-refractivity contribution >= 4 is 17.5 Å². The van der Waals surface area contributed by atoms with Crippen molar-refractivity contribution in [2.45, 2.75) is 40.5 Å². The first kappa shape index (κ1) is 20.4. The summed E-state index contributed by atoms with van der Waals surface area (Å²) in [6.45, 7) is 8.06. The lowest BCUT2D eigenvalue weighted by Crippen LogP contribution is -2.35. The van der Waals surface area contributed by atoms with Crippen molar-refractivity contribution in [2.75, 3.05) is 11.9 Å². The Bertz CT molecular complexity index is 763. The SMILES string of the molecule is Cc1ccc(Oc2ccc(NC(=O)CCCNC(=O)C(C)(C)C)cn2)cc1. The fourth-order valence-corrected chi connectivity index (χ4v) is 2.18. The van der Waals surface area contributed by atoms with E-state index in [-0.39, 0.29) is 11.8 Å². The molecular weight excluding hydrogens is 342 g/mol. The predicted octanol–water partition coefficient (Wildman–Crippen LogP) is 4.06. The Kier molecular flexibility index (Phi) is 6.93. The summed E-state index contributed by atoms with van der Waals surface area (Å²) in [5, 5.41) is 5.62. The second-order valence-electron chi connectivity index (χ2n) is 7.46. The van der Waals surface area contributed by atoms with Crippen LogP contribution in [0.2, 0.25) is 0 Å². The highest BCUT2D eigenvalue weighted by atomic mass is 16.5. The molecule has 0 radical (unpaired) electrons. The third kappa shape index (κ3) is 7.09. The van der Waals surface area contributed by atoms with Crippen LogP contribution in [0.1, 0.15) is 39.2 Å². The van der Waals surface area contributed by atoms with E-state index >= 15 is 0 Å². The molecule has 6 heteroatoms. The molecule has 2 amide bonds. The van der Waals surface area contributed by atoms with Crippen molar-refractivity contribution < 1.29 is 14.3 Å². The highest BCUT2D eigenvalue weighted by Crippen LogP contribution is 2.20. The summed E-state index contributed by atoms with van der Waals surface area (Å²) >= 11 is 0. The van der Waals surface area contributed by atoms with Gasteiger partial charge in [-0.25, -0.2) is 4.98 Å². The molecule has 0 bridgehead atoms. The molecule has 0 fully saturated rings. The smallest absolute Gasteiger partial charge is 0.225 e. The van der Waals surface area contributed by atoms with E-state index in [0.717, 1.165) is 5.56 Å². The summed E-state index contributed by atoms with van der Waals surface area (Å²) in [6.07, 6.45) is 2.46. The molecule has 1 heterocycles. The first-order valence-electron chi connectivity index (χ1n) is 9.03. The predicted molar refractivity (Wildman–Crippen MR) is 106 cm³/mol. The fraction of sp³-hybridized carbons (Fsp3) is 0.381. The van der Waals surface area contributed by atoms with E-state index in [1.807, 2.05) is 52.0 Å².